The fraction of sp³-hybridized carbons (Fsp3) is 0.650. The van der Waals surface area contributed by atoms with Crippen molar-refractivity contribution in [2.24, 2.45) is 11.8 Å². The first kappa shape index (κ1) is 18.8. The number of amides is 2. The van der Waals surface area contributed by atoms with Crippen LogP contribution in [-0.4, -0.2) is 48.1 Å². The van der Waals surface area contributed by atoms with Gasteiger partial charge in [-0.2, -0.15) is 0 Å². The summed E-state index contributed by atoms with van der Waals surface area (Å²) in [4.78, 5) is 16.9. The van der Waals surface area contributed by atoms with Gasteiger partial charge in [0.25, 0.3) is 0 Å². The molecule has 2 amide bonds. The average molecular weight is 332 g/mol. The van der Waals surface area contributed by atoms with E-state index in [4.69, 9.17) is 0 Å². The number of carbonyl (C=O) groups excluding carboxylic acids is 1. The topological polar surface area (TPSA) is 35.6 Å². The Morgan fingerprint density at radius 1 is 1.17 bits per heavy atom. The predicted molar refractivity (Wildman–Crippen MR) is 101 cm³/mol. The van der Waals surface area contributed by atoms with Crippen molar-refractivity contribution in [3.8, 4) is 0 Å². The van der Waals surface area contributed by atoms with Crippen molar-refractivity contribution in [3.63, 3.8) is 0 Å². The van der Waals surface area contributed by atoms with Gasteiger partial charge in [-0.3, -0.25) is 4.90 Å². The summed E-state index contributed by atoms with van der Waals surface area (Å²) in [6.07, 6.45) is 0.926. The van der Waals surface area contributed by atoms with E-state index in [1.54, 1.807) is 0 Å². The normalized spacial score (nSPS) is 15.2. The number of anilines is 1. The fourth-order valence-electron chi connectivity index (χ4n) is 3.31. The molecule has 134 valence electrons. The number of likely N-dealkylation sites (tertiary alicyclic amines) is 1. The Bertz CT molecular complexity index is 525. The van der Waals surface area contributed by atoms with Gasteiger partial charge in [-0.25, -0.2) is 4.79 Å². The predicted octanol–water partition coefficient (Wildman–Crippen LogP) is 4.08. The van der Waals surface area contributed by atoms with E-state index in [0.29, 0.717) is 17.9 Å². The Labute approximate surface area is 147 Å². The van der Waals surface area contributed by atoms with Crippen LogP contribution < -0.4 is 5.32 Å². The highest BCUT2D eigenvalue weighted by molar-refractivity contribution is 5.90. The number of benzene rings is 1. The number of carbonyl (C=O) groups is 1. The molecule has 1 fully saturated rings. The van der Waals surface area contributed by atoms with Crippen LogP contribution in [-0.2, 0) is 6.42 Å². The van der Waals surface area contributed by atoms with Crippen molar-refractivity contribution >= 4 is 11.7 Å². The van der Waals surface area contributed by atoms with Gasteiger partial charge in [-0.15, -0.1) is 0 Å². The number of nitrogens with one attached hydrogen (secondary N) is 1. The second-order valence-electron chi connectivity index (χ2n) is 7.74. The maximum absolute atomic E-state index is 12.5. The van der Waals surface area contributed by atoms with Crippen molar-refractivity contribution in [1.29, 1.82) is 0 Å². The molecule has 0 aliphatic carbocycles. The van der Waals surface area contributed by atoms with E-state index < -0.39 is 0 Å². The Balaban J connectivity index is 1.89. The summed E-state index contributed by atoms with van der Waals surface area (Å²) < 4.78 is 0. The Kier molecular flexibility index (Phi) is 6.67. The van der Waals surface area contributed by atoms with Gasteiger partial charge in [0, 0.05) is 37.9 Å². The third-order valence-electron chi connectivity index (χ3n) is 4.51. The first-order valence-corrected chi connectivity index (χ1v) is 9.28. The van der Waals surface area contributed by atoms with Crippen LogP contribution in [0.25, 0.3) is 0 Å². The minimum absolute atomic E-state index is 0.0289. The molecular formula is C20H33N3O. The highest BCUT2D eigenvalue weighted by atomic mass is 16.2. The van der Waals surface area contributed by atoms with Gasteiger partial charge in [0.1, 0.15) is 0 Å². The number of nitrogens with zero attached hydrogens (tertiary/aromatic N) is 2. The molecule has 0 radical (unpaired) electrons. The SMILES string of the molecule is CCc1ccccc1NC(=O)N1CC(N(CC(C)C)CC(C)C)C1. The van der Waals surface area contributed by atoms with Gasteiger partial charge in [-0.05, 0) is 29.9 Å². The molecule has 1 heterocycles. The second-order valence-corrected chi connectivity index (χ2v) is 7.74. The molecule has 4 heteroatoms. The van der Waals surface area contributed by atoms with Gasteiger partial charge in [-0.1, -0.05) is 52.8 Å². The molecule has 1 aliphatic heterocycles. The molecule has 0 spiro atoms. The third kappa shape index (κ3) is 4.97. The molecule has 4 nitrogen and oxygen atoms in total. The zero-order valence-electron chi connectivity index (χ0n) is 15.9. The number of aryl methyl sites for hydroxylation is 1. The molecule has 0 unspecified atom stereocenters. The van der Waals surface area contributed by atoms with Crippen LogP contribution in [0.2, 0.25) is 0 Å². The Morgan fingerprint density at radius 3 is 2.29 bits per heavy atom. The molecule has 1 aromatic carbocycles. The summed E-state index contributed by atoms with van der Waals surface area (Å²) in [5.74, 6) is 1.31. The monoisotopic (exact) mass is 331 g/mol. The molecule has 0 atom stereocenters. The van der Waals surface area contributed by atoms with Crippen molar-refractivity contribution in [1.82, 2.24) is 9.80 Å². The van der Waals surface area contributed by atoms with Crippen LogP contribution in [0.4, 0.5) is 10.5 Å². The highest BCUT2D eigenvalue weighted by Gasteiger charge is 2.35. The van der Waals surface area contributed by atoms with Gasteiger partial charge < -0.3 is 10.2 Å². The van der Waals surface area contributed by atoms with Gasteiger partial charge in [0.05, 0.1) is 0 Å². The summed E-state index contributed by atoms with van der Waals surface area (Å²) >= 11 is 0. The van der Waals surface area contributed by atoms with E-state index in [0.717, 1.165) is 38.3 Å². The highest BCUT2D eigenvalue weighted by Crippen LogP contribution is 2.21. The van der Waals surface area contributed by atoms with Gasteiger partial charge in [0.15, 0.2) is 0 Å². The van der Waals surface area contributed by atoms with Crippen LogP contribution in [0.1, 0.15) is 40.2 Å². The number of urea groups is 1. The molecule has 0 aromatic heterocycles. The second kappa shape index (κ2) is 8.52. The fourth-order valence-corrected chi connectivity index (χ4v) is 3.31. The molecule has 2 rings (SSSR count). The summed E-state index contributed by atoms with van der Waals surface area (Å²) in [5, 5.41) is 3.07. The molecule has 0 saturated carbocycles. The molecule has 0 bridgehead atoms. The largest absolute Gasteiger partial charge is 0.321 e. The van der Waals surface area contributed by atoms with E-state index in [1.165, 1.54) is 5.56 Å². The lowest BCUT2D eigenvalue weighted by Crippen LogP contribution is -2.62. The maximum atomic E-state index is 12.5. The van der Waals surface area contributed by atoms with E-state index in [1.807, 2.05) is 23.1 Å². The van der Waals surface area contributed by atoms with Crippen molar-refractivity contribution in [2.45, 2.75) is 47.1 Å². The minimum Gasteiger partial charge on any atom is -0.321 e. The van der Waals surface area contributed by atoms with Crippen molar-refractivity contribution in [3.05, 3.63) is 29.8 Å². The van der Waals surface area contributed by atoms with Crippen molar-refractivity contribution in [2.75, 3.05) is 31.5 Å². The van der Waals surface area contributed by atoms with E-state index in [2.05, 4.69) is 50.9 Å². The quantitative estimate of drug-likeness (QED) is 0.817. The van der Waals surface area contributed by atoms with Crippen LogP contribution >= 0.6 is 0 Å². The van der Waals surface area contributed by atoms with E-state index in [-0.39, 0.29) is 6.03 Å². The standard InChI is InChI=1S/C20H33N3O/c1-6-17-9-7-8-10-19(17)21-20(24)23-13-18(14-23)22(11-15(2)3)12-16(4)5/h7-10,15-16,18H,6,11-14H2,1-5H3,(H,21,24). The smallest absolute Gasteiger partial charge is 0.321 e. The average Bonchev–Trinajstić information content (AvgIpc) is 2.44. The van der Waals surface area contributed by atoms with Crippen molar-refractivity contribution < 1.29 is 4.79 Å². The van der Waals surface area contributed by atoms with Gasteiger partial charge >= 0.3 is 6.03 Å². The van der Waals surface area contributed by atoms with Crippen LogP contribution in [0.3, 0.4) is 0 Å². The molecule has 1 saturated heterocycles. The maximum Gasteiger partial charge on any atom is 0.321 e. The third-order valence-corrected chi connectivity index (χ3v) is 4.51. The number of para-hydroxylation sites is 1. The number of hydrogen-bond acceptors (Lipinski definition) is 2. The molecule has 24 heavy (non-hydrogen) atoms. The Hall–Kier alpha value is -1.55. The molecule has 1 aliphatic rings. The molecule has 1 N–H and O–H groups in total. The first-order valence-electron chi connectivity index (χ1n) is 9.28. The lowest BCUT2D eigenvalue weighted by molar-refractivity contribution is 0.0464. The van der Waals surface area contributed by atoms with E-state index in [9.17, 15) is 4.79 Å². The summed E-state index contributed by atoms with van der Waals surface area (Å²) in [5.41, 5.74) is 2.12. The summed E-state index contributed by atoms with van der Waals surface area (Å²) in [7, 11) is 0. The lowest BCUT2D eigenvalue weighted by atomic mass is 10.0. The van der Waals surface area contributed by atoms with Crippen LogP contribution in [0.15, 0.2) is 24.3 Å². The molecule has 1 aromatic rings. The zero-order chi connectivity index (χ0) is 17.7. The lowest BCUT2D eigenvalue weighted by Gasteiger charge is -2.46. The number of hydrogen-bond donors (Lipinski definition) is 1. The number of rotatable bonds is 7. The van der Waals surface area contributed by atoms with E-state index >= 15 is 0 Å². The zero-order valence-corrected chi connectivity index (χ0v) is 15.9. The van der Waals surface area contributed by atoms with Crippen LogP contribution in [0, 0.1) is 11.8 Å². The molecular weight excluding hydrogens is 298 g/mol. The Morgan fingerprint density at radius 2 is 1.75 bits per heavy atom. The summed E-state index contributed by atoms with van der Waals surface area (Å²) in [6.45, 7) is 15.0. The van der Waals surface area contributed by atoms with Gasteiger partial charge in [0.2, 0.25) is 0 Å². The first-order chi connectivity index (χ1) is 11.4. The minimum atomic E-state index is 0.0289. The van der Waals surface area contributed by atoms with Crippen LogP contribution in [0.5, 0.6) is 0 Å². The summed E-state index contributed by atoms with van der Waals surface area (Å²) in [6, 6.07) is 8.58.